The van der Waals surface area contributed by atoms with E-state index in [4.69, 9.17) is 5.26 Å². The number of nitriles is 1. The highest BCUT2D eigenvalue weighted by Crippen LogP contribution is 2.25. The number of hydrogen-bond acceptors (Lipinski definition) is 5. The molecule has 6 heteroatoms. The first kappa shape index (κ1) is 13.7. The summed E-state index contributed by atoms with van der Waals surface area (Å²) >= 11 is 3.11. The molecule has 1 aromatic heterocycles. The van der Waals surface area contributed by atoms with Gasteiger partial charge in [-0.2, -0.15) is 10.4 Å². The van der Waals surface area contributed by atoms with E-state index in [1.807, 2.05) is 42.8 Å². The lowest BCUT2D eigenvalue weighted by atomic mass is 10.3. The maximum Gasteiger partial charge on any atom is 0.175 e. The Bertz CT molecular complexity index is 620. The summed E-state index contributed by atoms with van der Waals surface area (Å²) in [5, 5.41) is 13.4. The number of rotatable bonds is 2. The summed E-state index contributed by atoms with van der Waals surface area (Å²) in [4.78, 5) is 4.52. The Morgan fingerprint density at radius 2 is 1.95 bits per heavy atom. The van der Waals surface area contributed by atoms with E-state index in [-0.39, 0.29) is 0 Å². The zero-order chi connectivity index (χ0) is 13.7. The van der Waals surface area contributed by atoms with Crippen molar-refractivity contribution in [2.75, 3.05) is 12.5 Å². The molecule has 0 radical (unpaired) electrons. The van der Waals surface area contributed by atoms with Crippen LogP contribution in [0.4, 0.5) is 5.82 Å². The molecule has 1 heterocycles. The van der Waals surface area contributed by atoms with Crippen LogP contribution in [-0.4, -0.2) is 26.7 Å². The molecule has 0 aliphatic heterocycles. The molecule has 0 saturated heterocycles. The van der Waals surface area contributed by atoms with Gasteiger partial charge in [-0.05, 0) is 24.6 Å². The van der Waals surface area contributed by atoms with Crippen molar-refractivity contribution in [2.24, 2.45) is 4.99 Å². The molecular formula is C13H12N4S2. The molecule has 2 aromatic rings. The molecule has 4 nitrogen and oxygen atoms in total. The summed E-state index contributed by atoms with van der Waals surface area (Å²) in [5.41, 5.74) is 1.37. The Morgan fingerprint density at radius 3 is 2.53 bits per heavy atom. The molecule has 0 bridgehead atoms. The second kappa shape index (κ2) is 6.45. The van der Waals surface area contributed by atoms with Crippen LogP contribution in [0, 0.1) is 11.3 Å². The number of para-hydroxylation sites is 1. The molecule has 0 atom stereocenters. The van der Waals surface area contributed by atoms with Crippen LogP contribution < -0.4 is 0 Å². The minimum Gasteiger partial charge on any atom is -0.214 e. The van der Waals surface area contributed by atoms with Crippen LogP contribution in [0.2, 0.25) is 0 Å². The van der Waals surface area contributed by atoms with Gasteiger partial charge in [0.15, 0.2) is 5.82 Å². The first-order valence-corrected chi connectivity index (χ1v) is 7.95. The van der Waals surface area contributed by atoms with E-state index in [2.05, 4.69) is 16.2 Å². The largest absolute Gasteiger partial charge is 0.214 e. The van der Waals surface area contributed by atoms with Crippen LogP contribution >= 0.6 is 23.5 Å². The predicted octanol–water partition coefficient (Wildman–Crippen LogP) is 3.46. The molecule has 0 unspecified atom stereocenters. The van der Waals surface area contributed by atoms with Gasteiger partial charge in [0.2, 0.25) is 0 Å². The van der Waals surface area contributed by atoms with Gasteiger partial charge in [0.05, 0.1) is 11.9 Å². The first-order valence-electron chi connectivity index (χ1n) is 5.50. The summed E-state index contributed by atoms with van der Waals surface area (Å²) in [6, 6.07) is 11.8. The molecule has 0 aliphatic carbocycles. The number of aromatic nitrogens is 2. The van der Waals surface area contributed by atoms with Gasteiger partial charge in [-0.3, -0.25) is 0 Å². The maximum atomic E-state index is 9.15. The van der Waals surface area contributed by atoms with Crippen molar-refractivity contribution in [1.82, 2.24) is 9.78 Å². The lowest BCUT2D eigenvalue weighted by Crippen LogP contribution is -1.96. The highest BCUT2D eigenvalue weighted by molar-refractivity contribution is 8.38. The zero-order valence-electron chi connectivity index (χ0n) is 10.6. The highest BCUT2D eigenvalue weighted by atomic mass is 32.2. The average molecular weight is 288 g/mol. The van der Waals surface area contributed by atoms with Crippen molar-refractivity contribution in [2.45, 2.75) is 0 Å². The van der Waals surface area contributed by atoms with Crippen molar-refractivity contribution >= 4 is 33.7 Å². The predicted molar refractivity (Wildman–Crippen MR) is 82.4 cm³/mol. The summed E-state index contributed by atoms with van der Waals surface area (Å²) in [5.74, 6) is 0.576. The number of aliphatic imine (C=N–C) groups is 1. The van der Waals surface area contributed by atoms with Gasteiger partial charge in [-0.25, -0.2) is 9.67 Å². The minimum absolute atomic E-state index is 0.476. The van der Waals surface area contributed by atoms with E-state index < -0.39 is 0 Å². The third kappa shape index (κ3) is 3.00. The lowest BCUT2D eigenvalue weighted by Gasteiger charge is -2.05. The number of benzene rings is 1. The third-order valence-corrected chi connectivity index (χ3v) is 4.29. The fourth-order valence-corrected chi connectivity index (χ4v) is 2.57. The topological polar surface area (TPSA) is 54.0 Å². The minimum atomic E-state index is 0.476. The van der Waals surface area contributed by atoms with E-state index in [0.29, 0.717) is 11.4 Å². The van der Waals surface area contributed by atoms with Crippen LogP contribution in [0.1, 0.15) is 5.56 Å². The Kier molecular flexibility index (Phi) is 4.66. The van der Waals surface area contributed by atoms with Crippen LogP contribution in [0.15, 0.2) is 41.5 Å². The third-order valence-electron chi connectivity index (χ3n) is 2.41. The Hall–Kier alpha value is -1.71. The highest BCUT2D eigenvalue weighted by Gasteiger charge is 2.12. The van der Waals surface area contributed by atoms with Crippen LogP contribution in [0.5, 0.6) is 0 Å². The van der Waals surface area contributed by atoms with Crippen LogP contribution in [0.25, 0.3) is 5.69 Å². The molecular weight excluding hydrogens is 276 g/mol. The summed E-state index contributed by atoms with van der Waals surface area (Å²) in [6.45, 7) is 0. The molecule has 96 valence electrons. The Balaban J connectivity index is 2.56. The van der Waals surface area contributed by atoms with E-state index in [1.54, 1.807) is 34.4 Å². The van der Waals surface area contributed by atoms with Gasteiger partial charge in [-0.1, -0.05) is 18.2 Å². The molecule has 19 heavy (non-hydrogen) atoms. The van der Waals surface area contributed by atoms with Gasteiger partial charge >= 0.3 is 0 Å². The second-order valence-electron chi connectivity index (χ2n) is 3.53. The number of hydrogen-bond donors (Lipinski definition) is 0. The van der Waals surface area contributed by atoms with Gasteiger partial charge in [0, 0.05) is 0 Å². The van der Waals surface area contributed by atoms with Crippen molar-refractivity contribution in [1.29, 1.82) is 5.26 Å². The van der Waals surface area contributed by atoms with Crippen molar-refractivity contribution < 1.29 is 0 Å². The average Bonchev–Trinajstić information content (AvgIpc) is 2.88. The molecule has 0 amide bonds. The molecule has 0 N–H and O–H groups in total. The van der Waals surface area contributed by atoms with Crippen molar-refractivity contribution in [3.05, 3.63) is 42.1 Å². The summed E-state index contributed by atoms with van der Waals surface area (Å²) < 4.78 is 2.58. The van der Waals surface area contributed by atoms with Gasteiger partial charge < -0.3 is 0 Å². The summed E-state index contributed by atoms with van der Waals surface area (Å²) in [7, 11) is 0. The quantitative estimate of drug-likeness (QED) is 0.627. The smallest absolute Gasteiger partial charge is 0.175 e. The molecule has 0 saturated carbocycles. The van der Waals surface area contributed by atoms with Gasteiger partial charge in [-0.15, -0.1) is 23.5 Å². The first-order chi connectivity index (χ1) is 9.30. The maximum absolute atomic E-state index is 9.15. The number of nitrogens with zero attached hydrogens (tertiary/aromatic N) is 4. The van der Waals surface area contributed by atoms with Crippen LogP contribution in [-0.2, 0) is 0 Å². The lowest BCUT2D eigenvalue weighted by molar-refractivity contribution is 0.881. The summed E-state index contributed by atoms with van der Waals surface area (Å²) in [6.07, 6.45) is 5.47. The number of thioether (sulfide) groups is 2. The second-order valence-corrected chi connectivity index (χ2v) is 5.38. The van der Waals surface area contributed by atoms with E-state index in [1.165, 1.54) is 0 Å². The monoisotopic (exact) mass is 288 g/mol. The fourth-order valence-electron chi connectivity index (χ4n) is 1.55. The molecule has 0 fully saturated rings. The normalized spacial score (nSPS) is 9.95. The SMILES string of the molecule is CSC(=Nc1c(C#N)cnn1-c1ccccc1)SC. The van der Waals surface area contributed by atoms with E-state index >= 15 is 0 Å². The van der Waals surface area contributed by atoms with E-state index in [9.17, 15) is 0 Å². The zero-order valence-corrected chi connectivity index (χ0v) is 12.2. The molecule has 0 spiro atoms. The fraction of sp³-hybridized carbons (Fsp3) is 0.154. The Morgan fingerprint density at radius 1 is 1.26 bits per heavy atom. The molecule has 1 aromatic carbocycles. The molecule has 2 rings (SSSR count). The van der Waals surface area contributed by atoms with Crippen LogP contribution in [0.3, 0.4) is 0 Å². The standard InChI is InChI=1S/C13H12N4S2/c1-18-13(19-2)16-12-10(8-14)9-15-17(12)11-6-4-3-5-7-11/h3-7,9H,1-2H3. The van der Waals surface area contributed by atoms with E-state index in [0.717, 1.165) is 10.1 Å². The Labute approximate surface area is 120 Å². The van der Waals surface area contributed by atoms with Gasteiger partial charge in [0.25, 0.3) is 0 Å². The van der Waals surface area contributed by atoms with Crippen molar-refractivity contribution in [3.8, 4) is 11.8 Å². The van der Waals surface area contributed by atoms with Gasteiger partial charge in [0.1, 0.15) is 16.0 Å². The molecule has 0 aliphatic rings. The van der Waals surface area contributed by atoms with Crippen molar-refractivity contribution in [3.63, 3.8) is 0 Å².